The van der Waals surface area contributed by atoms with Crippen LogP contribution in [0.2, 0.25) is 10.0 Å². The summed E-state index contributed by atoms with van der Waals surface area (Å²) in [5.41, 5.74) is 0.417. The smallest absolute Gasteiger partial charge is 0.293 e. The molecule has 4 rings (SSSR count). The van der Waals surface area contributed by atoms with Gasteiger partial charge in [-0.2, -0.15) is 0 Å². The largest absolute Gasteiger partial charge is 0.456 e. The Morgan fingerprint density at radius 1 is 1.12 bits per heavy atom. The minimum atomic E-state index is -0.574. The van der Waals surface area contributed by atoms with Crippen LogP contribution in [0.25, 0.3) is 17.4 Å². The third kappa shape index (κ3) is 4.40. The average Bonchev–Trinajstić information content (AvgIpc) is 3.30. The molecule has 2 aromatic carbocycles. The molecule has 162 valence electrons. The molecular weight excluding hydrogens is 482 g/mol. The highest BCUT2D eigenvalue weighted by Crippen LogP contribution is 2.37. The number of nitro groups is 1. The number of thioether (sulfide) groups is 1. The predicted octanol–water partition coefficient (Wildman–Crippen LogP) is 6.54. The highest BCUT2D eigenvalue weighted by molar-refractivity contribution is 8.18. The first-order valence-electron chi connectivity index (χ1n) is 8.96. The van der Waals surface area contributed by atoms with Gasteiger partial charge in [-0.15, -0.1) is 0 Å². The zero-order valence-corrected chi connectivity index (χ0v) is 18.2. The van der Waals surface area contributed by atoms with Gasteiger partial charge in [0.2, 0.25) is 0 Å². The van der Waals surface area contributed by atoms with E-state index in [4.69, 9.17) is 27.6 Å². The monoisotopic (exact) mass is 492 g/mol. The van der Waals surface area contributed by atoms with Crippen molar-refractivity contribution in [3.63, 3.8) is 0 Å². The third-order valence-electron chi connectivity index (χ3n) is 4.54. The number of halogens is 3. The number of imide groups is 1. The van der Waals surface area contributed by atoms with E-state index in [1.54, 1.807) is 0 Å². The van der Waals surface area contributed by atoms with Crippen molar-refractivity contribution in [2.24, 2.45) is 0 Å². The molecule has 3 aromatic rings. The second kappa shape index (κ2) is 8.78. The van der Waals surface area contributed by atoms with Crippen molar-refractivity contribution in [3.05, 3.63) is 90.7 Å². The second-order valence-corrected chi connectivity index (χ2v) is 8.46. The fourth-order valence-electron chi connectivity index (χ4n) is 3.03. The van der Waals surface area contributed by atoms with Crippen LogP contribution < -0.4 is 0 Å². The molecule has 11 heteroatoms. The van der Waals surface area contributed by atoms with Gasteiger partial charge < -0.3 is 4.42 Å². The minimum Gasteiger partial charge on any atom is -0.456 e. The maximum absolute atomic E-state index is 13.2. The molecule has 0 radical (unpaired) electrons. The van der Waals surface area contributed by atoms with Crippen LogP contribution in [0, 0.1) is 15.9 Å². The van der Waals surface area contributed by atoms with Gasteiger partial charge in [0, 0.05) is 22.2 Å². The lowest BCUT2D eigenvalue weighted by Gasteiger charge is -2.13. The lowest BCUT2D eigenvalue weighted by molar-refractivity contribution is -0.384. The van der Waals surface area contributed by atoms with Crippen molar-refractivity contribution in [1.82, 2.24) is 4.90 Å². The highest BCUT2D eigenvalue weighted by atomic mass is 35.5. The predicted molar refractivity (Wildman–Crippen MR) is 119 cm³/mol. The molecule has 1 aliphatic heterocycles. The number of rotatable bonds is 5. The molecule has 0 spiro atoms. The molecule has 1 saturated heterocycles. The highest BCUT2D eigenvalue weighted by Gasteiger charge is 2.35. The van der Waals surface area contributed by atoms with E-state index in [1.807, 2.05) is 0 Å². The number of hydrogen-bond donors (Lipinski definition) is 0. The molecule has 0 N–H and O–H groups in total. The van der Waals surface area contributed by atoms with Crippen LogP contribution in [0.15, 0.2) is 57.9 Å². The molecule has 0 unspecified atom stereocenters. The maximum Gasteiger partial charge on any atom is 0.293 e. The van der Waals surface area contributed by atoms with E-state index in [9.17, 15) is 24.1 Å². The summed E-state index contributed by atoms with van der Waals surface area (Å²) in [6.45, 7) is -0.110. The normalized spacial score (nSPS) is 15.1. The number of nitrogens with zero attached hydrogens (tertiary/aromatic N) is 2. The number of carbonyl (C=O) groups excluding carboxylic acids is 2. The maximum atomic E-state index is 13.2. The Morgan fingerprint density at radius 2 is 1.91 bits per heavy atom. The summed E-state index contributed by atoms with van der Waals surface area (Å²) in [5.74, 6) is -0.648. The van der Waals surface area contributed by atoms with Gasteiger partial charge in [0.05, 0.1) is 21.9 Å². The number of carbonyl (C=O) groups is 2. The molecule has 2 heterocycles. The van der Waals surface area contributed by atoms with E-state index in [-0.39, 0.29) is 44.3 Å². The Labute approximate surface area is 194 Å². The van der Waals surface area contributed by atoms with E-state index in [2.05, 4.69) is 0 Å². The lowest BCUT2D eigenvalue weighted by Crippen LogP contribution is -2.27. The fourth-order valence-corrected chi connectivity index (χ4v) is 4.24. The SMILES string of the molecule is O=C1S/C(=C\c2ccc(-c3ccc(Cl)cc3[N+](=O)[O-])o2)C(=O)N1Cc1ccc(F)cc1Cl. The summed E-state index contributed by atoms with van der Waals surface area (Å²) in [5, 5.41) is 11.1. The fraction of sp³-hybridized carbons (Fsp3) is 0.0476. The van der Waals surface area contributed by atoms with Crippen LogP contribution in [0.4, 0.5) is 14.9 Å². The second-order valence-electron chi connectivity index (χ2n) is 6.62. The quantitative estimate of drug-likeness (QED) is 0.228. The Kier molecular flexibility index (Phi) is 6.05. The summed E-state index contributed by atoms with van der Waals surface area (Å²) in [6, 6.07) is 10.9. The Hall–Kier alpha value is -3.14. The molecule has 0 atom stereocenters. The minimum absolute atomic E-state index is 0.105. The molecule has 1 aromatic heterocycles. The van der Waals surface area contributed by atoms with Gasteiger partial charge in [0.25, 0.3) is 16.8 Å². The lowest BCUT2D eigenvalue weighted by atomic mass is 10.1. The van der Waals surface area contributed by atoms with Gasteiger partial charge in [0.15, 0.2) is 0 Å². The Balaban J connectivity index is 1.58. The zero-order chi connectivity index (χ0) is 23.0. The summed E-state index contributed by atoms with van der Waals surface area (Å²) < 4.78 is 18.9. The van der Waals surface area contributed by atoms with Crippen LogP contribution in [-0.2, 0) is 11.3 Å². The van der Waals surface area contributed by atoms with Gasteiger partial charge in [-0.3, -0.25) is 24.6 Å². The number of benzene rings is 2. The molecule has 0 aliphatic carbocycles. The first-order chi connectivity index (χ1) is 15.2. The van der Waals surface area contributed by atoms with Gasteiger partial charge in [-0.05, 0) is 53.7 Å². The molecule has 0 saturated carbocycles. The summed E-state index contributed by atoms with van der Waals surface area (Å²) in [6.07, 6.45) is 1.38. The van der Waals surface area contributed by atoms with E-state index < -0.39 is 21.9 Å². The van der Waals surface area contributed by atoms with Crippen molar-refractivity contribution in [3.8, 4) is 11.3 Å². The van der Waals surface area contributed by atoms with Crippen molar-refractivity contribution >= 4 is 57.9 Å². The number of furan rings is 1. The van der Waals surface area contributed by atoms with Crippen LogP contribution in [0.3, 0.4) is 0 Å². The van der Waals surface area contributed by atoms with Crippen LogP contribution in [-0.4, -0.2) is 21.0 Å². The third-order valence-corrected chi connectivity index (χ3v) is 6.03. The van der Waals surface area contributed by atoms with Gasteiger partial charge in [0.1, 0.15) is 17.3 Å². The van der Waals surface area contributed by atoms with Crippen molar-refractivity contribution in [1.29, 1.82) is 0 Å². The van der Waals surface area contributed by atoms with Gasteiger partial charge in [-0.25, -0.2) is 4.39 Å². The van der Waals surface area contributed by atoms with Crippen LogP contribution in [0.5, 0.6) is 0 Å². The zero-order valence-electron chi connectivity index (χ0n) is 15.9. The summed E-state index contributed by atoms with van der Waals surface area (Å²) in [4.78, 5) is 36.9. The summed E-state index contributed by atoms with van der Waals surface area (Å²) >= 11 is 12.5. The molecule has 1 fully saturated rings. The van der Waals surface area contributed by atoms with Crippen LogP contribution in [0.1, 0.15) is 11.3 Å². The van der Waals surface area contributed by atoms with E-state index in [0.29, 0.717) is 17.3 Å². The molecule has 32 heavy (non-hydrogen) atoms. The molecule has 2 amide bonds. The number of nitro benzene ring substituents is 1. The molecule has 0 bridgehead atoms. The van der Waals surface area contributed by atoms with E-state index >= 15 is 0 Å². The van der Waals surface area contributed by atoms with Crippen molar-refractivity contribution in [2.45, 2.75) is 6.54 Å². The molecular formula is C21H11Cl2FN2O5S. The van der Waals surface area contributed by atoms with Gasteiger partial charge in [-0.1, -0.05) is 29.3 Å². The summed E-state index contributed by atoms with van der Waals surface area (Å²) in [7, 11) is 0. The first kappa shape index (κ1) is 22.1. The first-order valence-corrected chi connectivity index (χ1v) is 10.5. The Bertz CT molecular complexity index is 1310. The number of amides is 2. The van der Waals surface area contributed by atoms with Crippen LogP contribution >= 0.6 is 35.0 Å². The molecule has 7 nitrogen and oxygen atoms in total. The van der Waals surface area contributed by atoms with Crippen molar-refractivity contribution < 1.29 is 23.3 Å². The average molecular weight is 493 g/mol. The standard InChI is InChI=1S/C21H11Cl2FN2O5S/c22-12-2-5-15(17(7-12)26(29)30)18-6-4-14(31-18)9-19-20(27)25(21(28)32-19)10-11-1-3-13(24)8-16(11)23/h1-9H,10H2/b19-9-. The molecule has 1 aliphatic rings. The Morgan fingerprint density at radius 3 is 2.62 bits per heavy atom. The van der Waals surface area contributed by atoms with Crippen molar-refractivity contribution in [2.75, 3.05) is 0 Å². The topological polar surface area (TPSA) is 93.7 Å². The van der Waals surface area contributed by atoms with E-state index in [0.717, 1.165) is 11.0 Å². The van der Waals surface area contributed by atoms with E-state index in [1.165, 1.54) is 48.5 Å². The number of hydrogen-bond acceptors (Lipinski definition) is 6. The van der Waals surface area contributed by atoms with Gasteiger partial charge >= 0.3 is 0 Å².